The summed E-state index contributed by atoms with van der Waals surface area (Å²) in [5.41, 5.74) is 0.796. The molecule has 1 aromatic carbocycles. The summed E-state index contributed by atoms with van der Waals surface area (Å²) in [5, 5.41) is 17.2. The number of carbonyl (C=O) groups is 1. The minimum Gasteiger partial charge on any atom is -0.378 e. The number of nitrogens with one attached hydrogen (secondary N) is 2. The van der Waals surface area contributed by atoms with Crippen LogP contribution in [0.5, 0.6) is 0 Å². The summed E-state index contributed by atoms with van der Waals surface area (Å²) in [7, 11) is 1.80. The van der Waals surface area contributed by atoms with Crippen LogP contribution in [0.25, 0.3) is 0 Å². The molecule has 1 aliphatic heterocycles. The predicted octanol–water partition coefficient (Wildman–Crippen LogP) is 3.01. The molecule has 9 heteroatoms. The highest BCUT2D eigenvalue weighted by Crippen LogP contribution is 2.53. The average molecular weight is 500 g/mol. The van der Waals surface area contributed by atoms with E-state index in [9.17, 15) is 14.3 Å². The third-order valence-electron chi connectivity index (χ3n) is 7.62. The van der Waals surface area contributed by atoms with Crippen LogP contribution >= 0.6 is 11.6 Å². The molecule has 3 aliphatic rings. The van der Waals surface area contributed by atoms with Gasteiger partial charge in [-0.25, -0.2) is 9.37 Å². The molecule has 1 saturated heterocycles. The Balaban J connectivity index is 1.23. The van der Waals surface area contributed by atoms with Crippen LogP contribution in [0, 0.1) is 29.5 Å². The van der Waals surface area contributed by atoms with Crippen LogP contribution in [0.3, 0.4) is 0 Å². The maximum Gasteiger partial charge on any atom is 0.274 e. The van der Waals surface area contributed by atoms with Gasteiger partial charge >= 0.3 is 0 Å². The van der Waals surface area contributed by atoms with Gasteiger partial charge in [-0.3, -0.25) is 9.69 Å². The molecule has 3 fully saturated rings. The number of rotatable bonds is 4. The zero-order chi connectivity index (χ0) is 24.6. The fourth-order valence-electron chi connectivity index (χ4n) is 5.96. The Morgan fingerprint density at radius 3 is 2.71 bits per heavy atom. The van der Waals surface area contributed by atoms with Gasteiger partial charge in [0, 0.05) is 44.8 Å². The smallest absolute Gasteiger partial charge is 0.274 e. The largest absolute Gasteiger partial charge is 0.378 e. The first-order valence-electron chi connectivity index (χ1n) is 12.2. The highest BCUT2D eigenvalue weighted by atomic mass is 35.5. The van der Waals surface area contributed by atoms with Crippen molar-refractivity contribution in [2.45, 2.75) is 37.2 Å². The maximum atomic E-state index is 13.5. The van der Waals surface area contributed by atoms with Gasteiger partial charge in [0.1, 0.15) is 17.1 Å². The summed E-state index contributed by atoms with van der Waals surface area (Å²) < 4.78 is 15.2. The topological polar surface area (TPSA) is 82.4 Å². The Morgan fingerprint density at radius 1 is 1.31 bits per heavy atom. The highest BCUT2D eigenvalue weighted by molar-refractivity contribution is 6.31. The molecule has 186 valence electrons. The number of aliphatic hydroxyl groups is 1. The number of fused-ring (bicyclic) bond motifs is 1. The molecule has 1 amide bonds. The molecule has 0 radical (unpaired) electrons. The molecule has 1 aromatic heterocycles. The first-order valence-corrected chi connectivity index (χ1v) is 12.6. The lowest BCUT2D eigenvalue weighted by Crippen LogP contribution is -2.43. The molecular weight excluding hydrogens is 469 g/mol. The lowest BCUT2D eigenvalue weighted by molar-refractivity contribution is 0.0977. The summed E-state index contributed by atoms with van der Waals surface area (Å²) in [6.07, 6.45) is 4.77. The normalized spacial score (nSPS) is 28.4. The number of piperazine rings is 1. The number of halogens is 2. The Kier molecular flexibility index (Phi) is 6.86. The molecule has 2 unspecified atom stereocenters. The Morgan fingerprint density at radius 2 is 2.03 bits per heavy atom. The van der Waals surface area contributed by atoms with E-state index in [0.717, 1.165) is 44.7 Å². The van der Waals surface area contributed by atoms with Crippen molar-refractivity contribution >= 4 is 23.2 Å². The van der Waals surface area contributed by atoms with E-state index in [2.05, 4.69) is 32.4 Å². The summed E-state index contributed by atoms with van der Waals surface area (Å²) in [5.74, 6) is 6.47. The number of carbonyl (C=O) groups excluding carboxylic acids is 1. The minimum absolute atomic E-state index is 0.0415. The van der Waals surface area contributed by atoms with Crippen molar-refractivity contribution in [2.75, 3.05) is 38.0 Å². The van der Waals surface area contributed by atoms with Gasteiger partial charge in [0.15, 0.2) is 0 Å². The molecule has 2 saturated carbocycles. The van der Waals surface area contributed by atoms with Crippen LogP contribution in [0.15, 0.2) is 24.5 Å². The van der Waals surface area contributed by atoms with Gasteiger partial charge in [-0.15, -0.1) is 0 Å². The van der Waals surface area contributed by atoms with E-state index < -0.39 is 11.4 Å². The predicted molar refractivity (Wildman–Crippen MR) is 133 cm³/mol. The summed E-state index contributed by atoms with van der Waals surface area (Å²) in [6.45, 7) is 4.67. The fourth-order valence-corrected chi connectivity index (χ4v) is 6.14. The second-order valence-electron chi connectivity index (χ2n) is 10.1. The monoisotopic (exact) mass is 499 g/mol. The molecule has 0 bridgehead atoms. The van der Waals surface area contributed by atoms with Gasteiger partial charge < -0.3 is 20.3 Å². The van der Waals surface area contributed by atoms with E-state index in [0.29, 0.717) is 42.6 Å². The summed E-state index contributed by atoms with van der Waals surface area (Å²) in [4.78, 5) is 20.0. The van der Waals surface area contributed by atoms with Gasteiger partial charge in [-0.2, -0.15) is 0 Å². The third kappa shape index (κ3) is 5.24. The first-order chi connectivity index (χ1) is 16.8. The number of aryl methyl sites for hydroxylation is 1. The molecule has 2 heterocycles. The van der Waals surface area contributed by atoms with Crippen molar-refractivity contribution in [1.29, 1.82) is 0 Å². The fraction of sp³-hybridized carbons (Fsp3) is 0.538. The van der Waals surface area contributed by atoms with Gasteiger partial charge in [0.2, 0.25) is 0 Å². The standard InChI is InChI=1S/C26H31ClFN5O2/c1-32-16-30-23(24(32)25(34)31-20-3-4-22(28)21(27)13-20)17-11-18-14-26(35,15-19(18)12-17)5-2-8-33-9-6-29-7-10-33/h3-4,13,16-19,29,35H,6-12,14-15H2,1H3,(H,31,34). The first kappa shape index (κ1) is 24.3. The summed E-state index contributed by atoms with van der Waals surface area (Å²) >= 11 is 5.86. The van der Waals surface area contributed by atoms with E-state index in [-0.39, 0.29) is 16.8 Å². The minimum atomic E-state index is -0.916. The number of aromatic nitrogens is 2. The van der Waals surface area contributed by atoms with Crippen molar-refractivity contribution in [2.24, 2.45) is 18.9 Å². The van der Waals surface area contributed by atoms with Crippen LogP contribution in [0.4, 0.5) is 10.1 Å². The number of benzene rings is 1. The van der Waals surface area contributed by atoms with Crippen molar-refractivity contribution in [1.82, 2.24) is 19.8 Å². The highest BCUT2D eigenvalue weighted by Gasteiger charge is 2.49. The van der Waals surface area contributed by atoms with Crippen molar-refractivity contribution in [3.8, 4) is 11.8 Å². The molecule has 3 N–H and O–H groups in total. The van der Waals surface area contributed by atoms with Gasteiger partial charge in [0.25, 0.3) is 5.91 Å². The SMILES string of the molecule is Cn1cnc(C2CC3CC(O)(C#CCN4CCNCC4)CC3C2)c1C(=O)Nc1ccc(F)c(Cl)c1. The second kappa shape index (κ2) is 9.90. The zero-order valence-corrected chi connectivity index (χ0v) is 20.6. The van der Waals surface area contributed by atoms with Crippen LogP contribution < -0.4 is 10.6 Å². The number of amides is 1. The number of hydrogen-bond donors (Lipinski definition) is 3. The van der Waals surface area contributed by atoms with Crippen LogP contribution in [-0.4, -0.2) is 63.8 Å². The van der Waals surface area contributed by atoms with E-state index in [1.165, 1.54) is 18.2 Å². The second-order valence-corrected chi connectivity index (χ2v) is 10.5. The van der Waals surface area contributed by atoms with E-state index in [4.69, 9.17) is 11.6 Å². The molecule has 5 rings (SSSR count). The maximum absolute atomic E-state index is 13.5. The molecule has 2 aliphatic carbocycles. The number of anilines is 1. The number of hydrogen-bond acceptors (Lipinski definition) is 5. The van der Waals surface area contributed by atoms with E-state index in [1.807, 2.05) is 0 Å². The molecular formula is C26H31ClFN5O2. The molecule has 2 aromatic rings. The summed E-state index contributed by atoms with van der Waals surface area (Å²) in [6, 6.07) is 4.11. The van der Waals surface area contributed by atoms with E-state index >= 15 is 0 Å². The van der Waals surface area contributed by atoms with Gasteiger partial charge in [-0.05, 0) is 55.7 Å². The molecule has 35 heavy (non-hydrogen) atoms. The third-order valence-corrected chi connectivity index (χ3v) is 7.91. The van der Waals surface area contributed by atoms with Crippen molar-refractivity contribution in [3.63, 3.8) is 0 Å². The van der Waals surface area contributed by atoms with Crippen LogP contribution in [0.2, 0.25) is 5.02 Å². The number of nitrogens with zero attached hydrogens (tertiary/aromatic N) is 3. The number of imidazole rings is 1. The molecule has 2 atom stereocenters. The van der Waals surface area contributed by atoms with Crippen molar-refractivity contribution in [3.05, 3.63) is 46.8 Å². The zero-order valence-electron chi connectivity index (χ0n) is 19.9. The Labute approximate surface area is 210 Å². The van der Waals surface area contributed by atoms with Crippen LogP contribution in [0.1, 0.15) is 47.8 Å². The van der Waals surface area contributed by atoms with Gasteiger partial charge in [0.05, 0.1) is 23.6 Å². The quantitative estimate of drug-likeness (QED) is 0.563. The van der Waals surface area contributed by atoms with Crippen molar-refractivity contribution < 1.29 is 14.3 Å². The molecule has 7 nitrogen and oxygen atoms in total. The van der Waals surface area contributed by atoms with Gasteiger partial charge in [-0.1, -0.05) is 23.4 Å². The Bertz CT molecular complexity index is 1150. The molecule has 0 spiro atoms. The lowest BCUT2D eigenvalue weighted by Gasteiger charge is -2.25. The Hall–Kier alpha value is -2.44. The average Bonchev–Trinajstić information content (AvgIpc) is 3.48. The lowest BCUT2D eigenvalue weighted by atomic mass is 9.92. The van der Waals surface area contributed by atoms with Crippen LogP contribution in [-0.2, 0) is 7.05 Å². The van der Waals surface area contributed by atoms with E-state index in [1.54, 1.807) is 17.9 Å².